The van der Waals surface area contributed by atoms with Gasteiger partial charge in [0, 0.05) is 13.0 Å². The molecule has 208 valence electrons. The highest BCUT2D eigenvalue weighted by atomic mass is 16.7. The summed E-state index contributed by atoms with van der Waals surface area (Å²) < 4.78 is 10.3. The van der Waals surface area contributed by atoms with Crippen molar-refractivity contribution in [1.82, 2.24) is 0 Å². The van der Waals surface area contributed by atoms with Crippen LogP contribution in [0.3, 0.4) is 0 Å². The highest BCUT2D eigenvalue weighted by Crippen LogP contribution is 2.60. The summed E-state index contributed by atoms with van der Waals surface area (Å²) in [4.78, 5) is 0. The zero-order valence-corrected chi connectivity index (χ0v) is 24.1. The predicted octanol–water partition coefficient (Wildman–Crippen LogP) is 6.97. The van der Waals surface area contributed by atoms with Crippen molar-refractivity contribution in [3.05, 3.63) is 34.9 Å². The third-order valence-electron chi connectivity index (χ3n) is 9.40. The van der Waals surface area contributed by atoms with Crippen molar-refractivity contribution < 1.29 is 19.7 Å². The molecule has 2 unspecified atom stereocenters. The molecule has 2 N–H and O–H groups in total. The molecule has 6 atom stereocenters. The van der Waals surface area contributed by atoms with Gasteiger partial charge in [-0.05, 0) is 113 Å². The molecule has 3 aliphatic rings. The molecule has 0 aromatic heterocycles. The van der Waals surface area contributed by atoms with E-state index >= 15 is 0 Å². The first-order chi connectivity index (χ1) is 17.6. The topological polar surface area (TPSA) is 58.9 Å². The van der Waals surface area contributed by atoms with Gasteiger partial charge in [0.2, 0.25) is 0 Å². The summed E-state index contributed by atoms with van der Waals surface area (Å²) in [5, 5.41) is 21.0. The van der Waals surface area contributed by atoms with E-state index in [1.807, 2.05) is 13.8 Å². The van der Waals surface area contributed by atoms with E-state index in [-0.39, 0.29) is 5.41 Å². The largest absolute Gasteiger partial charge is 0.390 e. The lowest BCUT2D eigenvalue weighted by Crippen LogP contribution is -2.36. The number of hydrogen-bond donors (Lipinski definition) is 2. The minimum Gasteiger partial charge on any atom is -0.390 e. The Kier molecular flexibility index (Phi) is 11.1. The van der Waals surface area contributed by atoms with Gasteiger partial charge in [0.25, 0.3) is 0 Å². The Balaban J connectivity index is 1.64. The number of allylic oxidation sites excluding steroid dienone is 3. The van der Waals surface area contributed by atoms with E-state index in [0.29, 0.717) is 37.1 Å². The maximum absolute atomic E-state index is 10.9. The molecule has 0 bridgehead atoms. The molecular weight excluding hydrogens is 460 g/mol. The van der Waals surface area contributed by atoms with Gasteiger partial charge in [0.1, 0.15) is 6.79 Å². The minimum absolute atomic E-state index is 0.272. The van der Waals surface area contributed by atoms with Gasteiger partial charge in [-0.3, -0.25) is 0 Å². The van der Waals surface area contributed by atoms with Crippen LogP contribution in [0, 0.1) is 41.4 Å². The molecule has 0 aromatic carbocycles. The van der Waals surface area contributed by atoms with Gasteiger partial charge in [-0.25, -0.2) is 0 Å². The fourth-order valence-electron chi connectivity index (χ4n) is 7.53. The normalized spacial score (nSPS) is 34.6. The van der Waals surface area contributed by atoms with E-state index in [4.69, 9.17) is 15.9 Å². The second-order valence-electron chi connectivity index (χ2n) is 12.8. The molecule has 0 aliphatic heterocycles. The summed E-state index contributed by atoms with van der Waals surface area (Å²) in [5.74, 6) is 5.00. The number of fused-ring (bicyclic) bond motifs is 1. The Morgan fingerprint density at radius 2 is 2.03 bits per heavy atom. The minimum atomic E-state index is -0.616. The molecule has 0 spiro atoms. The van der Waals surface area contributed by atoms with E-state index in [0.717, 1.165) is 44.1 Å². The van der Waals surface area contributed by atoms with Gasteiger partial charge >= 0.3 is 0 Å². The number of aliphatic hydroxyl groups excluding tert-OH is 1. The molecule has 0 radical (unpaired) electrons. The smallest absolute Gasteiger partial charge is 0.146 e. The lowest BCUT2D eigenvalue weighted by molar-refractivity contribution is -0.0286. The Labute approximate surface area is 226 Å². The average molecular weight is 513 g/mol. The molecular formula is C33H52O4. The third-order valence-corrected chi connectivity index (χ3v) is 9.40. The van der Waals surface area contributed by atoms with Crippen LogP contribution in [0.25, 0.3) is 0 Å². The van der Waals surface area contributed by atoms with Gasteiger partial charge in [-0.15, -0.1) is 12.3 Å². The van der Waals surface area contributed by atoms with Gasteiger partial charge in [-0.1, -0.05) is 43.2 Å². The third kappa shape index (κ3) is 8.06. The number of rotatable bonds is 11. The molecule has 3 rings (SSSR count). The zero-order valence-electron chi connectivity index (χ0n) is 24.1. The first-order valence-corrected chi connectivity index (χ1v) is 14.6. The summed E-state index contributed by atoms with van der Waals surface area (Å²) in [7, 11) is 1.63. The molecule has 0 heterocycles. The first-order valence-electron chi connectivity index (χ1n) is 14.6. The van der Waals surface area contributed by atoms with Crippen molar-refractivity contribution in [2.75, 3.05) is 20.5 Å². The highest BCUT2D eigenvalue weighted by molar-refractivity contribution is 5.30. The first kappa shape index (κ1) is 30.2. The van der Waals surface area contributed by atoms with Gasteiger partial charge in [0.15, 0.2) is 0 Å². The molecule has 3 fully saturated rings. The second-order valence-corrected chi connectivity index (χ2v) is 12.8. The van der Waals surface area contributed by atoms with Crippen molar-refractivity contribution in [3.8, 4) is 12.3 Å². The number of aliphatic hydroxyl groups is 2. The highest BCUT2D eigenvalue weighted by Gasteiger charge is 2.51. The number of hydrogen-bond acceptors (Lipinski definition) is 4. The van der Waals surface area contributed by atoms with Crippen molar-refractivity contribution in [3.63, 3.8) is 0 Å². The van der Waals surface area contributed by atoms with E-state index < -0.39 is 11.7 Å². The molecule has 0 amide bonds. The fraction of sp³-hybridized carbons (Fsp3) is 0.758. The van der Waals surface area contributed by atoms with Gasteiger partial charge < -0.3 is 19.7 Å². The standard InChI is InChI=1S/C33H52O4/c1-7-26(11-8-18-32(3,4)35)29-16-17-30-27(12-9-19-33(29,30)5)15-14-25-21-24(2)28(31(34)22-25)13-10-20-37-23-36-6/h1,13-15,24,26,29-31,34-35H,8-12,16-23H2,2-6H3/b25-14+,27-15+,28-13-/t24-,26-,29?,30?,31-,33-/m1/s1. The molecule has 4 heteroatoms. The summed E-state index contributed by atoms with van der Waals surface area (Å²) in [6, 6.07) is 0. The van der Waals surface area contributed by atoms with Gasteiger partial charge in [0.05, 0.1) is 18.3 Å². The van der Waals surface area contributed by atoms with Crippen LogP contribution in [0.4, 0.5) is 0 Å². The van der Waals surface area contributed by atoms with Crippen molar-refractivity contribution in [2.45, 2.75) is 110 Å². The van der Waals surface area contributed by atoms with Crippen LogP contribution in [0.1, 0.15) is 98.3 Å². The van der Waals surface area contributed by atoms with Crippen LogP contribution in [-0.2, 0) is 9.47 Å². The van der Waals surface area contributed by atoms with Crippen molar-refractivity contribution >= 4 is 0 Å². The zero-order chi connectivity index (χ0) is 27.1. The van der Waals surface area contributed by atoms with Gasteiger partial charge in [-0.2, -0.15) is 0 Å². The molecule has 3 aliphatic carbocycles. The molecule has 37 heavy (non-hydrogen) atoms. The van der Waals surface area contributed by atoms with E-state index in [2.05, 4.69) is 38.0 Å². The number of terminal acetylenes is 1. The molecule has 0 saturated heterocycles. The lowest BCUT2D eigenvalue weighted by atomic mass is 9.60. The van der Waals surface area contributed by atoms with Crippen molar-refractivity contribution in [1.29, 1.82) is 0 Å². The van der Waals surface area contributed by atoms with Crippen LogP contribution < -0.4 is 0 Å². The summed E-state index contributed by atoms with van der Waals surface area (Å²) in [6.07, 6.45) is 24.1. The summed E-state index contributed by atoms with van der Waals surface area (Å²) in [6.45, 7) is 9.43. The number of methoxy groups -OCH3 is 1. The molecule has 4 nitrogen and oxygen atoms in total. The van der Waals surface area contributed by atoms with Crippen LogP contribution in [0.2, 0.25) is 0 Å². The quantitative estimate of drug-likeness (QED) is 0.136. The summed E-state index contributed by atoms with van der Waals surface area (Å²) >= 11 is 0. The maximum Gasteiger partial charge on any atom is 0.146 e. The van der Waals surface area contributed by atoms with E-state index in [1.54, 1.807) is 12.7 Å². The Morgan fingerprint density at radius 1 is 1.24 bits per heavy atom. The lowest BCUT2D eigenvalue weighted by Gasteiger charge is -2.44. The summed E-state index contributed by atoms with van der Waals surface area (Å²) in [5.41, 5.74) is 3.76. The van der Waals surface area contributed by atoms with Crippen LogP contribution in [0.15, 0.2) is 34.9 Å². The Morgan fingerprint density at radius 3 is 2.70 bits per heavy atom. The van der Waals surface area contributed by atoms with Crippen LogP contribution in [0.5, 0.6) is 0 Å². The average Bonchev–Trinajstić information content (AvgIpc) is 3.18. The molecule has 3 saturated carbocycles. The fourth-order valence-corrected chi connectivity index (χ4v) is 7.53. The van der Waals surface area contributed by atoms with E-state index in [1.165, 1.54) is 37.7 Å². The predicted molar refractivity (Wildman–Crippen MR) is 152 cm³/mol. The monoisotopic (exact) mass is 512 g/mol. The Bertz CT molecular complexity index is 854. The number of ether oxygens (including phenoxy) is 2. The van der Waals surface area contributed by atoms with Crippen LogP contribution >= 0.6 is 0 Å². The SMILES string of the molecule is C#C[C@H](CCCC(C)(C)O)C1CCC2/C(=C/C=C3\C[C@@H](C)/C(=C/CCOCOC)[C@H](O)C3)CCC[C@@]21C. The van der Waals surface area contributed by atoms with E-state index in [9.17, 15) is 10.2 Å². The molecule has 0 aromatic rings. The van der Waals surface area contributed by atoms with Crippen LogP contribution in [-0.4, -0.2) is 42.4 Å². The second kappa shape index (κ2) is 13.6. The Hall–Kier alpha value is -1.38. The maximum atomic E-state index is 10.9. The van der Waals surface area contributed by atoms with Crippen molar-refractivity contribution in [2.24, 2.45) is 29.1 Å².